The summed E-state index contributed by atoms with van der Waals surface area (Å²) < 4.78 is 0. The van der Waals surface area contributed by atoms with E-state index in [1.807, 2.05) is 0 Å². The first kappa shape index (κ1) is 26.6. The Morgan fingerprint density at radius 2 is 0.931 bits per heavy atom. The maximum Gasteiger partial charge on any atom is 0.105 e. The van der Waals surface area contributed by atoms with Crippen molar-refractivity contribution in [2.24, 2.45) is 16.5 Å². The van der Waals surface area contributed by atoms with E-state index in [1.54, 1.807) is 0 Å². The van der Waals surface area contributed by atoms with Gasteiger partial charge in [0.25, 0.3) is 0 Å². The Morgan fingerprint density at radius 3 is 1.21 bits per heavy atom. The molecular formula is C27H53NO. The van der Waals surface area contributed by atoms with Crippen molar-refractivity contribution >= 4 is 0 Å². The zero-order valence-electron chi connectivity index (χ0n) is 20.6. The summed E-state index contributed by atoms with van der Waals surface area (Å²) >= 11 is 0. The molecule has 0 aromatic rings. The maximum absolute atomic E-state index is 11.8. The fraction of sp³-hybridized carbons (Fsp3) is 1.00. The van der Waals surface area contributed by atoms with E-state index >= 15 is 0 Å². The van der Waals surface area contributed by atoms with Crippen LogP contribution in [-0.2, 0) is 0 Å². The van der Waals surface area contributed by atoms with E-state index in [0.717, 1.165) is 12.8 Å². The van der Waals surface area contributed by atoms with Gasteiger partial charge in [0.2, 0.25) is 0 Å². The molecule has 0 N–H and O–H groups in total. The van der Waals surface area contributed by atoms with Gasteiger partial charge in [0.05, 0.1) is 0 Å². The highest BCUT2D eigenvalue weighted by Crippen LogP contribution is 2.36. The average Bonchev–Trinajstić information content (AvgIpc) is 2.71. The minimum absolute atomic E-state index is 0.306. The average molecular weight is 408 g/mol. The SMILES string of the molecule is CC[C@@]1(C)CCCCCCCCCCCCC(N=O)(C(C)C)CCCCCCC1. The monoisotopic (exact) mass is 407 g/mol. The Bertz CT molecular complexity index is 407. The lowest BCUT2D eigenvalue weighted by atomic mass is 9.77. The molecule has 0 amide bonds. The van der Waals surface area contributed by atoms with E-state index in [2.05, 4.69) is 32.9 Å². The third-order valence-electron chi connectivity index (χ3n) is 8.14. The molecule has 1 aliphatic carbocycles. The summed E-state index contributed by atoms with van der Waals surface area (Å²) in [5.74, 6) is 0.367. The molecule has 0 aliphatic heterocycles. The summed E-state index contributed by atoms with van der Waals surface area (Å²) in [6.07, 6.45) is 26.4. The Morgan fingerprint density at radius 1 is 0.621 bits per heavy atom. The van der Waals surface area contributed by atoms with Crippen molar-refractivity contribution in [2.75, 3.05) is 0 Å². The second-order valence-corrected chi connectivity index (χ2v) is 10.8. The van der Waals surface area contributed by atoms with Gasteiger partial charge in [-0.2, -0.15) is 4.91 Å². The molecule has 0 spiro atoms. The first-order chi connectivity index (χ1) is 14.0. The molecule has 1 saturated carbocycles. The number of hydrogen-bond acceptors (Lipinski definition) is 2. The van der Waals surface area contributed by atoms with Crippen LogP contribution in [0.5, 0.6) is 0 Å². The molecule has 0 radical (unpaired) electrons. The third kappa shape index (κ3) is 11.0. The van der Waals surface area contributed by atoms with Crippen LogP contribution >= 0.6 is 0 Å². The number of nitrogens with zero attached hydrogens (tertiary/aromatic N) is 1. The predicted molar refractivity (Wildman–Crippen MR) is 129 cm³/mol. The molecule has 2 atom stereocenters. The maximum atomic E-state index is 11.8. The van der Waals surface area contributed by atoms with Gasteiger partial charge in [-0.15, -0.1) is 0 Å². The van der Waals surface area contributed by atoms with Crippen LogP contribution in [0.25, 0.3) is 0 Å². The first-order valence-electron chi connectivity index (χ1n) is 13.3. The van der Waals surface area contributed by atoms with Crippen LogP contribution in [0.4, 0.5) is 0 Å². The van der Waals surface area contributed by atoms with E-state index in [-0.39, 0.29) is 5.54 Å². The van der Waals surface area contributed by atoms with Crippen LogP contribution in [0, 0.1) is 16.2 Å². The quantitative estimate of drug-likeness (QED) is 0.428. The van der Waals surface area contributed by atoms with Gasteiger partial charge < -0.3 is 0 Å². The summed E-state index contributed by atoms with van der Waals surface area (Å²) in [4.78, 5) is 11.8. The summed E-state index contributed by atoms with van der Waals surface area (Å²) in [6, 6.07) is 0. The molecule has 2 nitrogen and oxygen atoms in total. The molecular weight excluding hydrogens is 354 g/mol. The van der Waals surface area contributed by atoms with Gasteiger partial charge in [0.1, 0.15) is 5.54 Å². The second kappa shape index (κ2) is 15.4. The predicted octanol–water partition coefficient (Wildman–Crippen LogP) is 9.99. The van der Waals surface area contributed by atoms with Gasteiger partial charge in [-0.3, -0.25) is 0 Å². The Balaban J connectivity index is 2.54. The van der Waals surface area contributed by atoms with Crippen LogP contribution in [0.3, 0.4) is 0 Å². The fourth-order valence-corrected chi connectivity index (χ4v) is 5.29. The largest absolute Gasteiger partial charge is 0.150 e. The number of rotatable bonds is 3. The fourth-order valence-electron chi connectivity index (χ4n) is 5.29. The molecule has 29 heavy (non-hydrogen) atoms. The lowest BCUT2D eigenvalue weighted by Crippen LogP contribution is -2.32. The van der Waals surface area contributed by atoms with E-state index in [9.17, 15) is 4.91 Å². The standard InChI is InChI=1S/C27H53NO/c1-5-26(4)21-17-13-10-8-6-7-9-11-15-19-23-27(28-29,25(2)3)24-20-16-12-14-18-22-26/h25H,5-24H2,1-4H3/t26-,27?/m0/s1. The molecule has 0 aromatic carbocycles. The topological polar surface area (TPSA) is 29.4 Å². The van der Waals surface area contributed by atoms with E-state index in [4.69, 9.17) is 0 Å². The van der Waals surface area contributed by atoms with Gasteiger partial charge in [-0.25, -0.2) is 0 Å². The minimum Gasteiger partial charge on any atom is -0.150 e. The van der Waals surface area contributed by atoms with Gasteiger partial charge >= 0.3 is 0 Å². The molecule has 0 heterocycles. The van der Waals surface area contributed by atoms with Gasteiger partial charge in [0, 0.05) is 0 Å². The van der Waals surface area contributed by atoms with Crippen molar-refractivity contribution in [1.29, 1.82) is 0 Å². The summed E-state index contributed by atoms with van der Waals surface area (Å²) in [7, 11) is 0. The Kier molecular flexibility index (Phi) is 14.2. The molecule has 1 fully saturated rings. The lowest BCUT2D eigenvalue weighted by molar-refractivity contribution is 0.238. The third-order valence-corrected chi connectivity index (χ3v) is 8.14. The smallest absolute Gasteiger partial charge is 0.105 e. The van der Waals surface area contributed by atoms with Crippen LogP contribution in [0.2, 0.25) is 0 Å². The summed E-state index contributed by atoms with van der Waals surface area (Å²) in [5, 5.41) is 3.72. The molecule has 2 heteroatoms. The zero-order chi connectivity index (χ0) is 21.4. The Hall–Kier alpha value is -0.400. The highest BCUT2D eigenvalue weighted by Gasteiger charge is 2.34. The second-order valence-electron chi connectivity index (χ2n) is 10.8. The van der Waals surface area contributed by atoms with Gasteiger partial charge in [-0.05, 0) is 37.0 Å². The van der Waals surface area contributed by atoms with Crippen LogP contribution < -0.4 is 0 Å². The molecule has 1 rings (SSSR count). The molecule has 1 aliphatic rings. The van der Waals surface area contributed by atoms with Crippen molar-refractivity contribution in [1.82, 2.24) is 0 Å². The van der Waals surface area contributed by atoms with Crippen molar-refractivity contribution in [2.45, 2.75) is 162 Å². The van der Waals surface area contributed by atoms with Crippen LogP contribution in [-0.4, -0.2) is 5.54 Å². The minimum atomic E-state index is -0.306. The number of hydrogen-bond donors (Lipinski definition) is 0. The highest BCUT2D eigenvalue weighted by molar-refractivity contribution is 4.90. The van der Waals surface area contributed by atoms with Gasteiger partial charge in [-0.1, -0.05) is 136 Å². The van der Waals surface area contributed by atoms with Crippen molar-refractivity contribution in [3.05, 3.63) is 4.91 Å². The zero-order valence-corrected chi connectivity index (χ0v) is 20.6. The molecule has 0 aromatic heterocycles. The normalized spacial score (nSPS) is 31.1. The number of nitroso groups, excluding NO2 is 1. The van der Waals surface area contributed by atoms with Crippen LogP contribution in [0.1, 0.15) is 156 Å². The molecule has 0 saturated heterocycles. The molecule has 172 valence electrons. The van der Waals surface area contributed by atoms with E-state index in [1.165, 1.54) is 116 Å². The van der Waals surface area contributed by atoms with Crippen LogP contribution in [0.15, 0.2) is 5.18 Å². The van der Waals surface area contributed by atoms with Crippen molar-refractivity contribution in [3.8, 4) is 0 Å². The van der Waals surface area contributed by atoms with Crippen molar-refractivity contribution < 1.29 is 0 Å². The van der Waals surface area contributed by atoms with Crippen molar-refractivity contribution in [3.63, 3.8) is 0 Å². The summed E-state index contributed by atoms with van der Waals surface area (Å²) in [6.45, 7) is 9.32. The molecule has 1 unspecified atom stereocenters. The molecule has 0 bridgehead atoms. The van der Waals surface area contributed by atoms with E-state index < -0.39 is 0 Å². The van der Waals surface area contributed by atoms with E-state index in [0.29, 0.717) is 11.3 Å². The first-order valence-corrected chi connectivity index (χ1v) is 13.3. The Labute approximate surface area is 183 Å². The lowest BCUT2D eigenvalue weighted by Gasteiger charge is -2.30. The van der Waals surface area contributed by atoms with Gasteiger partial charge in [0.15, 0.2) is 0 Å². The highest BCUT2D eigenvalue weighted by atomic mass is 16.3. The summed E-state index contributed by atoms with van der Waals surface area (Å²) in [5.41, 5.74) is 0.256.